The van der Waals surface area contributed by atoms with E-state index in [-0.39, 0.29) is 0 Å². The third kappa shape index (κ3) is 4.13. The van der Waals surface area contributed by atoms with E-state index in [1.54, 1.807) is 19.2 Å². The summed E-state index contributed by atoms with van der Waals surface area (Å²) in [6, 6.07) is 10.6. The van der Waals surface area contributed by atoms with Gasteiger partial charge in [-0.25, -0.2) is 9.82 Å². The molecule has 4 nitrogen and oxygen atoms in total. The average molecular weight is 351 g/mol. The van der Waals surface area contributed by atoms with Crippen molar-refractivity contribution in [2.45, 2.75) is 0 Å². The number of benzene rings is 2. The standard InChI is InChI=1S/C15H12BrFN2O2/c1-21-14-7-2-10(8-13(14)16)9-18-19-15(20)11-3-5-12(17)6-4-11/h2-9H,1H3,(H,19,20)/b18-9+. The monoisotopic (exact) mass is 350 g/mol. The first-order valence-corrected chi connectivity index (χ1v) is 6.82. The zero-order chi connectivity index (χ0) is 15.2. The Balaban J connectivity index is 2.00. The van der Waals surface area contributed by atoms with Crippen molar-refractivity contribution in [3.63, 3.8) is 0 Å². The van der Waals surface area contributed by atoms with Crippen molar-refractivity contribution in [2.24, 2.45) is 5.10 Å². The summed E-state index contributed by atoms with van der Waals surface area (Å²) in [5.41, 5.74) is 3.51. The van der Waals surface area contributed by atoms with Gasteiger partial charge in [-0.3, -0.25) is 4.79 Å². The van der Waals surface area contributed by atoms with Gasteiger partial charge in [-0.2, -0.15) is 5.10 Å². The lowest BCUT2D eigenvalue weighted by atomic mass is 10.2. The summed E-state index contributed by atoms with van der Waals surface area (Å²) < 4.78 is 18.7. The fourth-order valence-electron chi connectivity index (χ4n) is 1.59. The van der Waals surface area contributed by atoms with Crippen LogP contribution in [0.2, 0.25) is 0 Å². The van der Waals surface area contributed by atoms with E-state index < -0.39 is 11.7 Å². The van der Waals surface area contributed by atoms with Gasteiger partial charge in [-0.05, 0) is 64.0 Å². The Bertz CT molecular complexity index is 672. The van der Waals surface area contributed by atoms with Gasteiger partial charge in [-0.15, -0.1) is 0 Å². The molecule has 0 atom stereocenters. The molecule has 0 radical (unpaired) electrons. The summed E-state index contributed by atoms with van der Waals surface area (Å²) in [6.07, 6.45) is 1.51. The molecule has 0 saturated carbocycles. The van der Waals surface area contributed by atoms with E-state index in [2.05, 4.69) is 26.5 Å². The van der Waals surface area contributed by atoms with Crippen LogP contribution in [0.15, 0.2) is 52.0 Å². The largest absolute Gasteiger partial charge is 0.496 e. The van der Waals surface area contributed by atoms with E-state index in [9.17, 15) is 9.18 Å². The molecule has 0 aromatic heterocycles. The number of carbonyl (C=O) groups is 1. The highest BCUT2D eigenvalue weighted by atomic mass is 79.9. The zero-order valence-corrected chi connectivity index (χ0v) is 12.7. The minimum Gasteiger partial charge on any atom is -0.496 e. The second kappa shape index (κ2) is 6.99. The lowest BCUT2D eigenvalue weighted by Crippen LogP contribution is -2.17. The van der Waals surface area contributed by atoms with Crippen molar-refractivity contribution in [3.05, 3.63) is 63.9 Å². The molecule has 0 bridgehead atoms. The molecular formula is C15H12BrFN2O2. The molecule has 2 aromatic rings. The molecular weight excluding hydrogens is 339 g/mol. The first kappa shape index (κ1) is 15.2. The van der Waals surface area contributed by atoms with E-state index in [1.807, 2.05) is 6.07 Å². The third-order valence-electron chi connectivity index (χ3n) is 2.66. The second-order valence-corrected chi connectivity index (χ2v) is 4.95. The molecule has 6 heteroatoms. The molecule has 1 amide bonds. The zero-order valence-electron chi connectivity index (χ0n) is 11.1. The first-order chi connectivity index (χ1) is 10.1. The Morgan fingerprint density at radius 2 is 2.00 bits per heavy atom. The van der Waals surface area contributed by atoms with Crippen molar-refractivity contribution < 1.29 is 13.9 Å². The number of nitrogens with zero attached hydrogens (tertiary/aromatic N) is 1. The normalized spacial score (nSPS) is 10.6. The lowest BCUT2D eigenvalue weighted by Gasteiger charge is -2.03. The average Bonchev–Trinajstić information content (AvgIpc) is 2.48. The third-order valence-corrected chi connectivity index (χ3v) is 3.28. The molecule has 0 aliphatic carbocycles. The Morgan fingerprint density at radius 1 is 1.29 bits per heavy atom. The first-order valence-electron chi connectivity index (χ1n) is 6.02. The summed E-state index contributed by atoms with van der Waals surface area (Å²) in [5, 5.41) is 3.86. The van der Waals surface area contributed by atoms with E-state index in [0.29, 0.717) is 11.3 Å². The molecule has 0 aliphatic heterocycles. The van der Waals surface area contributed by atoms with Crippen molar-refractivity contribution in [1.29, 1.82) is 0 Å². The van der Waals surface area contributed by atoms with E-state index in [0.717, 1.165) is 10.0 Å². The number of carbonyl (C=O) groups excluding carboxylic acids is 1. The SMILES string of the molecule is COc1ccc(/C=N/NC(=O)c2ccc(F)cc2)cc1Br. The predicted molar refractivity (Wildman–Crippen MR) is 82.2 cm³/mol. The van der Waals surface area contributed by atoms with Gasteiger partial charge in [-0.1, -0.05) is 0 Å². The van der Waals surface area contributed by atoms with Crippen LogP contribution in [-0.4, -0.2) is 19.2 Å². The molecule has 2 rings (SSSR count). The fraction of sp³-hybridized carbons (Fsp3) is 0.0667. The lowest BCUT2D eigenvalue weighted by molar-refractivity contribution is 0.0955. The number of rotatable bonds is 4. The number of nitrogens with one attached hydrogen (secondary N) is 1. The summed E-state index contributed by atoms with van der Waals surface area (Å²) in [5.74, 6) is -0.0838. The van der Waals surface area contributed by atoms with Crippen LogP contribution < -0.4 is 10.2 Å². The number of methoxy groups -OCH3 is 1. The summed E-state index contributed by atoms with van der Waals surface area (Å²) in [7, 11) is 1.58. The van der Waals surface area contributed by atoms with Gasteiger partial charge < -0.3 is 4.74 Å². The van der Waals surface area contributed by atoms with Crippen molar-refractivity contribution in [1.82, 2.24) is 5.43 Å². The summed E-state index contributed by atoms with van der Waals surface area (Å²) in [4.78, 5) is 11.7. The smallest absolute Gasteiger partial charge is 0.271 e. The maximum absolute atomic E-state index is 12.7. The Labute approximate surface area is 129 Å². The summed E-state index contributed by atoms with van der Waals surface area (Å²) >= 11 is 3.36. The maximum Gasteiger partial charge on any atom is 0.271 e. The number of hydrogen-bond acceptors (Lipinski definition) is 3. The number of ether oxygens (including phenoxy) is 1. The fourth-order valence-corrected chi connectivity index (χ4v) is 2.15. The van der Waals surface area contributed by atoms with Gasteiger partial charge in [0.2, 0.25) is 0 Å². The Kier molecular flexibility index (Phi) is 5.05. The number of hydrazone groups is 1. The minimum atomic E-state index is -0.404. The highest BCUT2D eigenvalue weighted by Crippen LogP contribution is 2.24. The maximum atomic E-state index is 12.7. The minimum absolute atomic E-state index is 0.337. The van der Waals surface area contributed by atoms with E-state index in [4.69, 9.17) is 4.74 Å². The van der Waals surface area contributed by atoms with Crippen LogP contribution in [0.4, 0.5) is 4.39 Å². The molecule has 0 aliphatic rings. The van der Waals surface area contributed by atoms with E-state index in [1.165, 1.54) is 30.5 Å². The predicted octanol–water partition coefficient (Wildman–Crippen LogP) is 3.36. The van der Waals surface area contributed by atoms with Gasteiger partial charge in [0.05, 0.1) is 17.8 Å². The molecule has 2 aromatic carbocycles. The van der Waals surface area contributed by atoms with Gasteiger partial charge in [0.15, 0.2) is 0 Å². The van der Waals surface area contributed by atoms with Crippen LogP contribution in [0.1, 0.15) is 15.9 Å². The van der Waals surface area contributed by atoms with Crippen LogP contribution >= 0.6 is 15.9 Å². The van der Waals surface area contributed by atoms with E-state index >= 15 is 0 Å². The van der Waals surface area contributed by atoms with Crippen molar-refractivity contribution in [3.8, 4) is 5.75 Å². The molecule has 0 fully saturated rings. The van der Waals surface area contributed by atoms with Crippen molar-refractivity contribution >= 4 is 28.1 Å². The molecule has 108 valence electrons. The van der Waals surface area contributed by atoms with Crippen LogP contribution in [0.25, 0.3) is 0 Å². The highest BCUT2D eigenvalue weighted by Gasteiger charge is 2.04. The molecule has 21 heavy (non-hydrogen) atoms. The Hall–Kier alpha value is -2.21. The molecule has 0 spiro atoms. The number of amides is 1. The highest BCUT2D eigenvalue weighted by molar-refractivity contribution is 9.10. The quantitative estimate of drug-likeness (QED) is 0.678. The number of halogens is 2. The Morgan fingerprint density at radius 3 is 2.62 bits per heavy atom. The van der Waals surface area contributed by atoms with Crippen LogP contribution in [0, 0.1) is 5.82 Å². The van der Waals surface area contributed by atoms with Gasteiger partial charge in [0.25, 0.3) is 5.91 Å². The van der Waals surface area contributed by atoms with Gasteiger partial charge in [0.1, 0.15) is 11.6 Å². The van der Waals surface area contributed by atoms with Crippen LogP contribution in [-0.2, 0) is 0 Å². The summed E-state index contributed by atoms with van der Waals surface area (Å²) in [6.45, 7) is 0. The van der Waals surface area contributed by atoms with Crippen molar-refractivity contribution in [2.75, 3.05) is 7.11 Å². The molecule has 1 N–H and O–H groups in total. The molecule has 0 saturated heterocycles. The van der Waals surface area contributed by atoms with Crippen LogP contribution in [0.5, 0.6) is 5.75 Å². The van der Waals surface area contributed by atoms with Gasteiger partial charge >= 0.3 is 0 Å². The second-order valence-electron chi connectivity index (χ2n) is 4.10. The number of hydrogen-bond donors (Lipinski definition) is 1. The topological polar surface area (TPSA) is 50.7 Å². The van der Waals surface area contributed by atoms with Gasteiger partial charge in [0, 0.05) is 5.56 Å². The molecule has 0 unspecified atom stereocenters. The van der Waals surface area contributed by atoms with Crippen LogP contribution in [0.3, 0.4) is 0 Å². The molecule has 0 heterocycles.